The predicted molar refractivity (Wildman–Crippen MR) is 77.4 cm³/mol. The fraction of sp³-hybridized carbons (Fsp3) is 0.143. The molecule has 94 valence electrons. The molecular weight excluding hydrogens is 278 g/mol. The number of hydrogen-bond donors (Lipinski definition) is 0. The van der Waals surface area contributed by atoms with Crippen LogP contribution in [0.2, 0.25) is 0 Å². The van der Waals surface area contributed by atoms with Crippen LogP contribution < -0.4 is 0 Å². The van der Waals surface area contributed by atoms with E-state index >= 15 is 0 Å². The van der Waals surface area contributed by atoms with Crippen LogP contribution in [0.25, 0.3) is 11.0 Å². The average Bonchev–Trinajstić information content (AvgIpc) is 3.07. The van der Waals surface area contributed by atoms with E-state index in [1.807, 2.05) is 12.1 Å². The van der Waals surface area contributed by atoms with Gasteiger partial charge in [-0.3, -0.25) is 0 Å². The smallest absolute Gasteiger partial charge is 0.125 e. The molecule has 0 aliphatic rings. The third-order valence-electron chi connectivity index (χ3n) is 3.02. The zero-order valence-electron chi connectivity index (χ0n) is 10.0. The summed E-state index contributed by atoms with van der Waals surface area (Å²) in [6.07, 6.45) is 0. The summed E-state index contributed by atoms with van der Waals surface area (Å²) >= 11 is 7.64. The molecule has 0 bridgehead atoms. The van der Waals surface area contributed by atoms with Gasteiger partial charge in [-0.2, -0.15) is 16.6 Å². The van der Waals surface area contributed by atoms with Crippen molar-refractivity contribution >= 4 is 34.0 Å². The molecule has 2 aromatic heterocycles. The van der Waals surface area contributed by atoms with Crippen LogP contribution >= 0.6 is 22.9 Å². The van der Waals surface area contributed by atoms with Crippen molar-refractivity contribution in [3.05, 3.63) is 52.0 Å². The van der Waals surface area contributed by atoms with Crippen LogP contribution in [0.5, 0.6) is 0 Å². The lowest BCUT2D eigenvalue weighted by Gasteiger charge is -2.06. The molecule has 0 spiro atoms. The van der Waals surface area contributed by atoms with E-state index in [0.717, 1.165) is 23.4 Å². The normalized spacial score (nSPS) is 10.7. The summed E-state index contributed by atoms with van der Waals surface area (Å²) in [5.41, 5.74) is 3.50. The first-order valence-corrected chi connectivity index (χ1v) is 7.26. The van der Waals surface area contributed by atoms with Crippen molar-refractivity contribution in [1.29, 1.82) is 5.26 Å². The summed E-state index contributed by atoms with van der Waals surface area (Å²) in [5.74, 6) is 1.13. The fourth-order valence-corrected chi connectivity index (χ4v) is 2.99. The van der Waals surface area contributed by atoms with Crippen LogP contribution in [0.3, 0.4) is 0 Å². The van der Waals surface area contributed by atoms with Crippen LogP contribution in [-0.4, -0.2) is 9.55 Å². The van der Waals surface area contributed by atoms with Crippen LogP contribution in [0.4, 0.5) is 0 Å². The Bertz CT molecular complexity index is 753. The number of thiophene rings is 1. The Morgan fingerprint density at radius 3 is 2.95 bits per heavy atom. The van der Waals surface area contributed by atoms with Crippen LogP contribution in [0.1, 0.15) is 17.0 Å². The van der Waals surface area contributed by atoms with Gasteiger partial charge in [-0.15, -0.1) is 11.6 Å². The number of para-hydroxylation sites is 1. The molecule has 0 unspecified atom stereocenters. The number of alkyl halides is 1. The van der Waals surface area contributed by atoms with E-state index in [-0.39, 0.29) is 0 Å². The van der Waals surface area contributed by atoms with Crippen molar-refractivity contribution in [1.82, 2.24) is 9.55 Å². The molecule has 19 heavy (non-hydrogen) atoms. The molecule has 0 amide bonds. The van der Waals surface area contributed by atoms with Gasteiger partial charge in [-0.05, 0) is 34.5 Å². The molecule has 0 saturated heterocycles. The second-order valence-electron chi connectivity index (χ2n) is 4.16. The second-order valence-corrected chi connectivity index (χ2v) is 5.21. The molecule has 3 rings (SSSR count). The molecule has 0 atom stereocenters. The minimum Gasteiger partial charge on any atom is -0.322 e. The first kappa shape index (κ1) is 12.2. The van der Waals surface area contributed by atoms with Gasteiger partial charge in [-0.25, -0.2) is 4.98 Å². The van der Waals surface area contributed by atoms with Crippen molar-refractivity contribution in [2.24, 2.45) is 0 Å². The van der Waals surface area contributed by atoms with E-state index in [2.05, 4.69) is 32.4 Å². The van der Waals surface area contributed by atoms with E-state index in [9.17, 15) is 0 Å². The topological polar surface area (TPSA) is 41.6 Å². The minimum absolute atomic E-state index is 0.337. The standard InChI is InChI=1S/C14H10ClN3S/c15-6-13-17-14-11(7-16)2-1-3-12(14)18(13)8-10-4-5-19-9-10/h1-5,9H,6,8H2. The van der Waals surface area contributed by atoms with Crippen molar-refractivity contribution < 1.29 is 0 Å². The number of nitrogens with zero attached hydrogens (tertiary/aromatic N) is 3. The number of aromatic nitrogens is 2. The third-order valence-corrected chi connectivity index (χ3v) is 3.99. The van der Waals surface area contributed by atoms with E-state index < -0.39 is 0 Å². The maximum Gasteiger partial charge on any atom is 0.125 e. The number of fused-ring (bicyclic) bond motifs is 1. The van der Waals surface area contributed by atoms with Crippen molar-refractivity contribution in [3.8, 4) is 6.07 Å². The Morgan fingerprint density at radius 1 is 1.37 bits per heavy atom. The monoisotopic (exact) mass is 287 g/mol. The zero-order valence-corrected chi connectivity index (χ0v) is 11.6. The molecule has 2 heterocycles. The van der Waals surface area contributed by atoms with Crippen LogP contribution in [0.15, 0.2) is 35.0 Å². The molecule has 0 aliphatic carbocycles. The molecular formula is C14H10ClN3S. The summed E-state index contributed by atoms with van der Waals surface area (Å²) in [6.45, 7) is 0.733. The van der Waals surface area contributed by atoms with Gasteiger partial charge in [0.2, 0.25) is 0 Å². The van der Waals surface area contributed by atoms with Gasteiger partial charge < -0.3 is 4.57 Å². The lowest BCUT2D eigenvalue weighted by molar-refractivity contribution is 0.781. The highest BCUT2D eigenvalue weighted by molar-refractivity contribution is 7.07. The summed E-state index contributed by atoms with van der Waals surface area (Å²) in [5, 5.41) is 13.3. The maximum atomic E-state index is 9.13. The highest BCUT2D eigenvalue weighted by Crippen LogP contribution is 2.22. The zero-order chi connectivity index (χ0) is 13.2. The largest absolute Gasteiger partial charge is 0.322 e. The third kappa shape index (κ3) is 2.12. The van der Waals surface area contributed by atoms with Crippen molar-refractivity contribution in [3.63, 3.8) is 0 Å². The van der Waals surface area contributed by atoms with Crippen molar-refractivity contribution in [2.45, 2.75) is 12.4 Å². The van der Waals surface area contributed by atoms with Gasteiger partial charge in [0.05, 0.1) is 23.5 Å². The van der Waals surface area contributed by atoms with Crippen LogP contribution in [-0.2, 0) is 12.4 Å². The molecule has 0 N–H and O–H groups in total. The van der Waals surface area contributed by atoms with Crippen molar-refractivity contribution in [2.75, 3.05) is 0 Å². The van der Waals surface area contributed by atoms with Gasteiger partial charge in [0.1, 0.15) is 17.4 Å². The minimum atomic E-state index is 0.337. The highest BCUT2D eigenvalue weighted by atomic mass is 35.5. The number of imidazole rings is 1. The summed E-state index contributed by atoms with van der Waals surface area (Å²) < 4.78 is 2.07. The van der Waals surface area contributed by atoms with E-state index in [0.29, 0.717) is 11.4 Å². The average molecular weight is 288 g/mol. The Labute approximate surface area is 119 Å². The maximum absolute atomic E-state index is 9.13. The predicted octanol–water partition coefficient (Wildman–Crippen LogP) is 3.76. The van der Waals surface area contributed by atoms with E-state index in [4.69, 9.17) is 16.9 Å². The summed E-state index contributed by atoms with van der Waals surface area (Å²) in [6, 6.07) is 9.90. The number of rotatable bonds is 3. The fourth-order valence-electron chi connectivity index (χ4n) is 2.13. The molecule has 5 heteroatoms. The first-order valence-electron chi connectivity index (χ1n) is 5.78. The molecule has 0 fully saturated rings. The molecule has 0 saturated carbocycles. The lowest BCUT2D eigenvalue weighted by atomic mass is 10.2. The Kier molecular flexibility index (Phi) is 3.24. The number of benzene rings is 1. The quantitative estimate of drug-likeness (QED) is 0.688. The molecule has 0 aliphatic heterocycles. The SMILES string of the molecule is N#Cc1cccc2c1nc(CCl)n2Cc1ccsc1. The highest BCUT2D eigenvalue weighted by Gasteiger charge is 2.13. The lowest BCUT2D eigenvalue weighted by Crippen LogP contribution is -2.02. The van der Waals surface area contributed by atoms with E-state index in [1.54, 1.807) is 17.4 Å². The Balaban J connectivity index is 2.19. The van der Waals surface area contributed by atoms with E-state index in [1.165, 1.54) is 5.56 Å². The van der Waals surface area contributed by atoms with Gasteiger partial charge in [-0.1, -0.05) is 6.07 Å². The molecule has 0 radical (unpaired) electrons. The van der Waals surface area contributed by atoms with Gasteiger partial charge >= 0.3 is 0 Å². The first-order chi connectivity index (χ1) is 9.33. The van der Waals surface area contributed by atoms with Crippen LogP contribution in [0, 0.1) is 11.3 Å². The summed E-state index contributed by atoms with van der Waals surface area (Å²) in [4.78, 5) is 4.49. The Hall–Kier alpha value is -1.83. The number of halogens is 1. The second kappa shape index (κ2) is 5.04. The molecule has 3 nitrogen and oxygen atoms in total. The Morgan fingerprint density at radius 2 is 2.26 bits per heavy atom. The number of hydrogen-bond acceptors (Lipinski definition) is 3. The number of nitriles is 1. The summed E-state index contributed by atoms with van der Waals surface area (Å²) in [7, 11) is 0. The molecule has 3 aromatic rings. The van der Waals surface area contributed by atoms with Gasteiger partial charge in [0, 0.05) is 0 Å². The van der Waals surface area contributed by atoms with Gasteiger partial charge in [0.15, 0.2) is 0 Å². The molecule has 1 aromatic carbocycles. The van der Waals surface area contributed by atoms with Gasteiger partial charge in [0.25, 0.3) is 0 Å².